The second kappa shape index (κ2) is 9.18. The number of halogens is 1. The molecule has 32 heavy (non-hydrogen) atoms. The Kier molecular flexibility index (Phi) is 6.35. The number of benzene rings is 2. The van der Waals surface area contributed by atoms with Gasteiger partial charge >= 0.3 is 6.09 Å². The third-order valence-electron chi connectivity index (χ3n) is 5.69. The Morgan fingerprint density at radius 1 is 1.16 bits per heavy atom. The molecule has 1 atom stereocenters. The summed E-state index contributed by atoms with van der Waals surface area (Å²) in [7, 11) is 0. The summed E-state index contributed by atoms with van der Waals surface area (Å²) in [6, 6.07) is 14.9. The quantitative estimate of drug-likeness (QED) is 0.602. The van der Waals surface area contributed by atoms with Crippen molar-refractivity contribution in [3.8, 4) is 0 Å². The number of nitrogens with zero attached hydrogens (tertiary/aromatic N) is 3. The molecule has 1 fully saturated rings. The highest BCUT2D eigenvalue weighted by molar-refractivity contribution is 5.79. The highest BCUT2D eigenvalue weighted by Gasteiger charge is 2.28. The molecular weight excluding hydrogens is 407 g/mol. The van der Waals surface area contributed by atoms with Gasteiger partial charge in [-0.25, -0.2) is 14.2 Å². The lowest BCUT2D eigenvalue weighted by atomic mass is 10.0. The van der Waals surface area contributed by atoms with Gasteiger partial charge in [-0.15, -0.1) is 0 Å². The summed E-state index contributed by atoms with van der Waals surface area (Å²) in [4.78, 5) is 19.4. The summed E-state index contributed by atoms with van der Waals surface area (Å²) in [6.45, 7) is 7.25. The van der Waals surface area contributed by atoms with Gasteiger partial charge in [-0.3, -0.25) is 0 Å². The van der Waals surface area contributed by atoms with Crippen LogP contribution in [0.15, 0.2) is 48.5 Å². The van der Waals surface area contributed by atoms with Crippen molar-refractivity contribution in [3.05, 3.63) is 59.9 Å². The van der Waals surface area contributed by atoms with Crippen LogP contribution in [0.4, 0.5) is 15.1 Å². The fraction of sp³-hybridized carbons (Fsp3) is 0.440. The van der Waals surface area contributed by atoms with Crippen molar-refractivity contribution < 1.29 is 13.9 Å². The normalized spacial score (nSPS) is 16.9. The molecule has 6 nitrogen and oxygen atoms in total. The fourth-order valence-corrected chi connectivity index (χ4v) is 4.23. The van der Waals surface area contributed by atoms with E-state index in [4.69, 9.17) is 9.72 Å². The van der Waals surface area contributed by atoms with E-state index in [0.29, 0.717) is 18.7 Å². The molecule has 0 spiro atoms. The maximum absolute atomic E-state index is 14.5. The number of imidazole rings is 1. The topological polar surface area (TPSA) is 59.4 Å². The van der Waals surface area contributed by atoms with Crippen LogP contribution < -0.4 is 10.2 Å². The van der Waals surface area contributed by atoms with Crippen LogP contribution in [0.3, 0.4) is 0 Å². The highest BCUT2D eigenvalue weighted by Crippen LogP contribution is 2.29. The Labute approximate surface area is 188 Å². The maximum atomic E-state index is 14.5. The number of hydrogen-bond acceptors (Lipinski definition) is 4. The van der Waals surface area contributed by atoms with Crippen molar-refractivity contribution in [2.75, 3.05) is 18.0 Å². The Morgan fingerprint density at radius 2 is 1.91 bits per heavy atom. The van der Waals surface area contributed by atoms with Crippen molar-refractivity contribution in [2.45, 2.75) is 58.2 Å². The molecule has 2 heterocycles. The van der Waals surface area contributed by atoms with Crippen LogP contribution in [-0.4, -0.2) is 40.4 Å². The number of ether oxygens (including phenoxy) is 1. The number of nitrogens with one attached hydrogen (secondary N) is 1. The number of anilines is 1. The van der Waals surface area contributed by atoms with Gasteiger partial charge in [0.15, 0.2) is 0 Å². The molecule has 2 aromatic carbocycles. The molecule has 0 aliphatic carbocycles. The minimum atomic E-state index is -0.538. The van der Waals surface area contributed by atoms with Gasteiger partial charge in [0, 0.05) is 24.7 Å². The van der Waals surface area contributed by atoms with Crippen LogP contribution in [0.1, 0.15) is 45.6 Å². The first-order valence-corrected chi connectivity index (χ1v) is 11.2. The van der Waals surface area contributed by atoms with Crippen LogP contribution in [0.5, 0.6) is 0 Å². The highest BCUT2D eigenvalue weighted by atomic mass is 19.1. The lowest BCUT2D eigenvalue weighted by molar-refractivity contribution is 0.0522. The van der Waals surface area contributed by atoms with Crippen molar-refractivity contribution in [3.63, 3.8) is 0 Å². The Morgan fingerprint density at radius 3 is 2.69 bits per heavy atom. The van der Waals surface area contributed by atoms with Gasteiger partial charge in [-0.05, 0) is 58.2 Å². The molecule has 3 aromatic rings. The summed E-state index contributed by atoms with van der Waals surface area (Å²) in [5.74, 6) is 0.586. The van der Waals surface area contributed by atoms with E-state index in [0.717, 1.165) is 42.8 Å². The van der Waals surface area contributed by atoms with E-state index in [1.807, 2.05) is 57.2 Å². The van der Waals surface area contributed by atoms with Gasteiger partial charge in [0.05, 0.1) is 17.6 Å². The van der Waals surface area contributed by atoms with Crippen LogP contribution in [0.2, 0.25) is 0 Å². The first-order valence-electron chi connectivity index (χ1n) is 11.2. The standard InChI is InChI=1S/C25H31FN4O2/c1-25(2,3)32-24(31)27-16-19-11-8-9-15-29(19)23-28-21-13-6-7-14-22(21)30(23)17-18-10-4-5-12-20(18)26/h4-7,10,12-14,19H,8-9,11,15-17H2,1-3H3,(H,27,31). The fourth-order valence-electron chi connectivity index (χ4n) is 4.23. The zero-order valence-corrected chi connectivity index (χ0v) is 19.0. The van der Waals surface area contributed by atoms with E-state index in [1.165, 1.54) is 6.07 Å². The van der Waals surface area contributed by atoms with Gasteiger partial charge in [-0.2, -0.15) is 0 Å². The minimum absolute atomic E-state index is 0.0902. The first kappa shape index (κ1) is 22.1. The van der Waals surface area contributed by atoms with Crippen LogP contribution in [0.25, 0.3) is 11.0 Å². The molecule has 1 saturated heterocycles. The molecule has 0 bridgehead atoms. The average Bonchev–Trinajstić information content (AvgIpc) is 3.11. The summed E-state index contributed by atoms with van der Waals surface area (Å²) in [5, 5.41) is 2.92. The summed E-state index contributed by atoms with van der Waals surface area (Å²) in [6.07, 6.45) is 2.66. The Balaban J connectivity index is 1.63. The number of rotatable bonds is 5. The predicted molar refractivity (Wildman–Crippen MR) is 124 cm³/mol. The monoisotopic (exact) mass is 438 g/mol. The Hall–Kier alpha value is -3.09. The zero-order chi connectivity index (χ0) is 22.7. The zero-order valence-electron chi connectivity index (χ0n) is 19.0. The second-order valence-corrected chi connectivity index (χ2v) is 9.30. The smallest absolute Gasteiger partial charge is 0.407 e. The molecule has 4 rings (SSSR count). The largest absolute Gasteiger partial charge is 0.444 e. The van der Waals surface area contributed by atoms with Crippen molar-refractivity contribution in [1.29, 1.82) is 0 Å². The van der Waals surface area contributed by atoms with Gasteiger partial charge in [0.25, 0.3) is 0 Å². The van der Waals surface area contributed by atoms with Gasteiger partial charge < -0.3 is 19.5 Å². The van der Waals surface area contributed by atoms with Crippen LogP contribution in [-0.2, 0) is 11.3 Å². The molecular formula is C25H31FN4O2. The SMILES string of the molecule is CC(C)(C)OC(=O)NCC1CCCCN1c1nc2ccccc2n1Cc1ccccc1F. The molecule has 7 heteroatoms. The molecule has 1 aliphatic rings. The van der Waals surface area contributed by atoms with E-state index < -0.39 is 11.7 Å². The third kappa shape index (κ3) is 5.03. The van der Waals surface area contributed by atoms with Crippen LogP contribution >= 0.6 is 0 Å². The lowest BCUT2D eigenvalue weighted by Crippen LogP contribution is -2.48. The second-order valence-electron chi connectivity index (χ2n) is 9.30. The molecule has 1 unspecified atom stereocenters. The van der Waals surface area contributed by atoms with Gasteiger partial charge in [0.1, 0.15) is 11.4 Å². The van der Waals surface area contributed by atoms with Crippen LogP contribution in [0, 0.1) is 5.82 Å². The number of alkyl carbamates (subject to hydrolysis) is 1. The molecule has 0 saturated carbocycles. The lowest BCUT2D eigenvalue weighted by Gasteiger charge is -2.37. The molecule has 1 aliphatic heterocycles. The molecule has 0 radical (unpaired) electrons. The van der Waals surface area contributed by atoms with E-state index in [-0.39, 0.29) is 11.9 Å². The van der Waals surface area contributed by atoms with Crippen molar-refractivity contribution >= 4 is 23.1 Å². The molecule has 170 valence electrons. The number of para-hydroxylation sites is 2. The number of amides is 1. The molecule has 1 N–H and O–H groups in total. The number of hydrogen-bond donors (Lipinski definition) is 1. The number of carbonyl (C=O) groups excluding carboxylic acids is 1. The number of carbonyl (C=O) groups is 1. The van der Waals surface area contributed by atoms with E-state index in [1.54, 1.807) is 6.07 Å². The average molecular weight is 439 g/mol. The van der Waals surface area contributed by atoms with Gasteiger partial charge in [0.2, 0.25) is 5.95 Å². The predicted octanol–water partition coefficient (Wildman–Crippen LogP) is 5.11. The minimum Gasteiger partial charge on any atom is -0.444 e. The maximum Gasteiger partial charge on any atom is 0.407 e. The summed E-state index contributed by atoms with van der Waals surface area (Å²) in [5.41, 5.74) is 1.93. The number of piperidine rings is 1. The molecule has 1 aromatic heterocycles. The first-order chi connectivity index (χ1) is 15.3. The summed E-state index contributed by atoms with van der Waals surface area (Å²) >= 11 is 0. The third-order valence-corrected chi connectivity index (χ3v) is 5.69. The molecule has 1 amide bonds. The van der Waals surface area contributed by atoms with E-state index in [2.05, 4.69) is 14.8 Å². The van der Waals surface area contributed by atoms with E-state index >= 15 is 0 Å². The van der Waals surface area contributed by atoms with Crippen molar-refractivity contribution in [2.24, 2.45) is 0 Å². The van der Waals surface area contributed by atoms with Gasteiger partial charge in [-0.1, -0.05) is 30.3 Å². The number of aromatic nitrogens is 2. The van der Waals surface area contributed by atoms with E-state index in [9.17, 15) is 9.18 Å². The summed E-state index contributed by atoms with van der Waals surface area (Å²) < 4.78 is 22.0. The Bertz CT molecular complexity index is 1090. The number of fused-ring (bicyclic) bond motifs is 1. The van der Waals surface area contributed by atoms with Crippen molar-refractivity contribution in [1.82, 2.24) is 14.9 Å².